The highest BCUT2D eigenvalue weighted by Crippen LogP contribution is 2.20. The van der Waals surface area contributed by atoms with Crippen LogP contribution in [-0.2, 0) is 4.74 Å². The highest BCUT2D eigenvalue weighted by Gasteiger charge is 2.29. The van der Waals surface area contributed by atoms with Crippen molar-refractivity contribution in [2.24, 2.45) is 0 Å². The maximum absolute atomic E-state index is 10.2. The van der Waals surface area contributed by atoms with Crippen molar-refractivity contribution in [3.8, 4) is 0 Å². The molecule has 16 heavy (non-hydrogen) atoms. The summed E-state index contributed by atoms with van der Waals surface area (Å²) < 4.78 is 6.21. The van der Waals surface area contributed by atoms with Crippen LogP contribution in [0.3, 0.4) is 0 Å². The average Bonchev–Trinajstić information content (AvgIpc) is 2.29. The van der Waals surface area contributed by atoms with Gasteiger partial charge in [0.15, 0.2) is 0 Å². The van der Waals surface area contributed by atoms with E-state index in [4.69, 9.17) is 4.74 Å². The van der Waals surface area contributed by atoms with Gasteiger partial charge in [-0.1, -0.05) is 0 Å². The fraction of sp³-hybridized carbons (Fsp3) is 0.600. The Balaban J connectivity index is 1.88. The quantitative estimate of drug-likeness (QED) is 0.808. The van der Waals surface area contributed by atoms with Crippen LogP contribution in [0.5, 0.6) is 0 Å². The van der Waals surface area contributed by atoms with Crippen molar-refractivity contribution in [2.75, 3.05) is 25.1 Å². The lowest BCUT2D eigenvalue weighted by Gasteiger charge is -2.31. The topological polar surface area (TPSA) is 67.3 Å². The zero-order valence-electron chi connectivity index (χ0n) is 8.82. The Kier molecular flexibility index (Phi) is 3.93. The molecular weight excluding hydrogens is 321 g/mol. The Morgan fingerprint density at radius 2 is 2.00 bits per heavy atom. The normalized spacial score (nSPS) is 19.4. The Morgan fingerprint density at radius 1 is 1.38 bits per heavy atom. The summed E-state index contributed by atoms with van der Waals surface area (Å²) in [5.41, 5.74) is -0.690. The molecule has 1 aromatic rings. The van der Waals surface area contributed by atoms with E-state index in [1.165, 1.54) is 0 Å². The van der Waals surface area contributed by atoms with Gasteiger partial charge in [-0.2, -0.15) is 0 Å². The molecule has 1 aromatic heterocycles. The van der Waals surface area contributed by atoms with Crippen molar-refractivity contribution in [3.05, 3.63) is 16.0 Å². The Hall–Kier alpha value is -0.470. The highest BCUT2D eigenvalue weighted by molar-refractivity contribution is 14.1. The molecule has 6 heteroatoms. The predicted octanol–water partition coefficient (Wildman–Crippen LogP) is 1.03. The van der Waals surface area contributed by atoms with E-state index in [0.29, 0.717) is 38.5 Å². The van der Waals surface area contributed by atoms with Gasteiger partial charge in [0.25, 0.3) is 0 Å². The molecule has 0 aromatic carbocycles. The second-order valence-electron chi connectivity index (χ2n) is 3.92. The van der Waals surface area contributed by atoms with Crippen LogP contribution in [-0.4, -0.2) is 40.4 Å². The molecule has 0 atom stereocenters. The van der Waals surface area contributed by atoms with Crippen LogP contribution >= 0.6 is 22.6 Å². The Labute approximate surface area is 108 Å². The molecule has 2 rings (SSSR count). The first kappa shape index (κ1) is 12.0. The fourth-order valence-corrected chi connectivity index (χ4v) is 1.85. The van der Waals surface area contributed by atoms with Crippen molar-refractivity contribution in [3.63, 3.8) is 0 Å². The SMILES string of the molecule is OC1(CNc2ncc(I)cn2)CCOCC1. The summed E-state index contributed by atoms with van der Waals surface area (Å²) in [4.78, 5) is 8.24. The van der Waals surface area contributed by atoms with Crippen molar-refractivity contribution >= 4 is 28.5 Å². The summed E-state index contributed by atoms with van der Waals surface area (Å²) in [6.45, 7) is 1.70. The molecule has 0 radical (unpaired) electrons. The first-order valence-electron chi connectivity index (χ1n) is 5.20. The molecule has 0 bridgehead atoms. The number of aliphatic hydroxyl groups is 1. The summed E-state index contributed by atoms with van der Waals surface area (Å²) in [5, 5.41) is 13.2. The summed E-state index contributed by atoms with van der Waals surface area (Å²) in [7, 11) is 0. The minimum atomic E-state index is -0.690. The molecule has 2 N–H and O–H groups in total. The molecule has 5 nitrogen and oxygen atoms in total. The van der Waals surface area contributed by atoms with Crippen molar-refractivity contribution < 1.29 is 9.84 Å². The molecule has 1 saturated heterocycles. The zero-order valence-corrected chi connectivity index (χ0v) is 11.0. The van der Waals surface area contributed by atoms with Gasteiger partial charge >= 0.3 is 0 Å². The first-order valence-corrected chi connectivity index (χ1v) is 6.27. The van der Waals surface area contributed by atoms with Crippen LogP contribution in [0.1, 0.15) is 12.8 Å². The van der Waals surface area contributed by atoms with Gasteiger partial charge in [-0.05, 0) is 22.6 Å². The van der Waals surface area contributed by atoms with Crippen LogP contribution in [0.4, 0.5) is 5.95 Å². The largest absolute Gasteiger partial charge is 0.388 e. The van der Waals surface area contributed by atoms with Crippen LogP contribution in [0, 0.1) is 3.57 Å². The van der Waals surface area contributed by atoms with E-state index >= 15 is 0 Å². The van der Waals surface area contributed by atoms with Gasteiger partial charge in [-0.15, -0.1) is 0 Å². The summed E-state index contributed by atoms with van der Waals surface area (Å²) in [6, 6.07) is 0. The Bertz CT molecular complexity index is 338. The van der Waals surface area contributed by atoms with Gasteiger partial charge < -0.3 is 15.2 Å². The highest BCUT2D eigenvalue weighted by atomic mass is 127. The van der Waals surface area contributed by atoms with Gasteiger partial charge in [0, 0.05) is 48.6 Å². The van der Waals surface area contributed by atoms with Crippen molar-refractivity contribution in [1.29, 1.82) is 0 Å². The number of hydrogen-bond acceptors (Lipinski definition) is 5. The predicted molar refractivity (Wildman–Crippen MR) is 68.2 cm³/mol. The second kappa shape index (κ2) is 5.24. The van der Waals surface area contributed by atoms with Gasteiger partial charge in [-0.3, -0.25) is 0 Å². The smallest absolute Gasteiger partial charge is 0.222 e. The Morgan fingerprint density at radius 3 is 2.62 bits per heavy atom. The molecule has 2 heterocycles. The molecule has 1 aliphatic heterocycles. The number of anilines is 1. The number of nitrogens with zero attached hydrogens (tertiary/aromatic N) is 2. The van der Waals surface area contributed by atoms with E-state index < -0.39 is 5.60 Å². The molecule has 0 unspecified atom stereocenters. The lowest BCUT2D eigenvalue weighted by molar-refractivity contribution is -0.0544. The summed E-state index contributed by atoms with van der Waals surface area (Å²) >= 11 is 2.15. The molecule has 0 saturated carbocycles. The first-order chi connectivity index (χ1) is 7.68. The van der Waals surface area contributed by atoms with Crippen LogP contribution in [0.15, 0.2) is 12.4 Å². The summed E-state index contributed by atoms with van der Waals surface area (Å²) in [6.07, 6.45) is 4.79. The second-order valence-corrected chi connectivity index (χ2v) is 5.16. The van der Waals surface area contributed by atoms with Gasteiger partial charge in [0.05, 0.1) is 5.60 Å². The average molecular weight is 335 g/mol. The summed E-state index contributed by atoms with van der Waals surface area (Å²) in [5.74, 6) is 0.556. The van der Waals surface area contributed by atoms with E-state index in [-0.39, 0.29) is 0 Å². The van der Waals surface area contributed by atoms with Crippen LogP contribution in [0.2, 0.25) is 0 Å². The van der Waals surface area contributed by atoms with Crippen molar-refractivity contribution in [1.82, 2.24) is 9.97 Å². The third kappa shape index (κ3) is 3.26. The minimum absolute atomic E-state index is 0.469. The van der Waals surface area contributed by atoms with E-state index in [9.17, 15) is 5.11 Å². The number of hydrogen-bond donors (Lipinski definition) is 2. The lowest BCUT2D eigenvalue weighted by atomic mass is 9.94. The van der Waals surface area contributed by atoms with Gasteiger partial charge in [-0.25, -0.2) is 9.97 Å². The fourth-order valence-electron chi connectivity index (χ4n) is 1.58. The standard InChI is InChI=1S/C10H14IN3O2/c11-8-5-12-9(13-6-8)14-7-10(15)1-3-16-4-2-10/h5-6,15H,1-4,7H2,(H,12,13,14). The third-order valence-corrected chi connectivity index (χ3v) is 3.18. The molecule has 0 aliphatic carbocycles. The number of aromatic nitrogens is 2. The molecular formula is C10H14IN3O2. The molecule has 0 spiro atoms. The maximum Gasteiger partial charge on any atom is 0.222 e. The lowest BCUT2D eigenvalue weighted by Crippen LogP contribution is -2.42. The van der Waals surface area contributed by atoms with E-state index in [1.54, 1.807) is 12.4 Å². The van der Waals surface area contributed by atoms with Crippen molar-refractivity contribution in [2.45, 2.75) is 18.4 Å². The third-order valence-electron chi connectivity index (χ3n) is 2.62. The van der Waals surface area contributed by atoms with Crippen LogP contribution < -0.4 is 5.32 Å². The van der Waals surface area contributed by atoms with E-state index in [0.717, 1.165) is 3.57 Å². The monoisotopic (exact) mass is 335 g/mol. The molecule has 1 aliphatic rings. The number of halogens is 1. The number of ether oxygens (including phenoxy) is 1. The van der Waals surface area contributed by atoms with E-state index in [1.807, 2.05) is 0 Å². The van der Waals surface area contributed by atoms with Gasteiger partial charge in [0.1, 0.15) is 0 Å². The van der Waals surface area contributed by atoms with Crippen LogP contribution in [0.25, 0.3) is 0 Å². The van der Waals surface area contributed by atoms with Gasteiger partial charge in [0.2, 0.25) is 5.95 Å². The number of nitrogens with one attached hydrogen (secondary N) is 1. The maximum atomic E-state index is 10.2. The zero-order chi connectivity index (χ0) is 11.4. The number of rotatable bonds is 3. The molecule has 0 amide bonds. The molecule has 88 valence electrons. The molecule has 1 fully saturated rings. The van der Waals surface area contributed by atoms with E-state index in [2.05, 4.69) is 37.9 Å². The minimum Gasteiger partial charge on any atom is -0.388 e.